The monoisotopic (exact) mass is 368 g/mol. The van der Waals surface area contributed by atoms with Gasteiger partial charge in [0, 0.05) is 6.04 Å². The number of nitrogens with zero attached hydrogens (tertiary/aromatic N) is 2. The summed E-state index contributed by atoms with van der Waals surface area (Å²) in [5.74, 6) is -0.501. The lowest BCUT2D eigenvalue weighted by Crippen LogP contribution is -2.28. The normalized spacial score (nSPS) is 10.7. The van der Waals surface area contributed by atoms with E-state index in [1.165, 1.54) is 6.92 Å². The average molecular weight is 368 g/mol. The van der Waals surface area contributed by atoms with Crippen molar-refractivity contribution in [2.75, 3.05) is 6.61 Å². The molecule has 0 spiro atoms. The lowest BCUT2D eigenvalue weighted by atomic mass is 9.96. The van der Waals surface area contributed by atoms with Crippen LogP contribution in [-0.2, 0) is 0 Å². The van der Waals surface area contributed by atoms with E-state index in [2.05, 4.69) is 0 Å². The first-order chi connectivity index (χ1) is 12.8. The van der Waals surface area contributed by atoms with Crippen LogP contribution in [0.25, 0.3) is 0 Å². The molecule has 2 aromatic rings. The number of aromatic nitrogens is 1. The fourth-order valence-electron chi connectivity index (χ4n) is 2.91. The van der Waals surface area contributed by atoms with Gasteiger partial charge in [0.25, 0.3) is 5.56 Å². The number of hydrogen-bond acceptors (Lipinski definition) is 5. The minimum Gasteiger partial charge on any atom is -0.494 e. The Balaban J connectivity index is 2.66. The van der Waals surface area contributed by atoms with Crippen molar-refractivity contribution in [2.45, 2.75) is 46.6 Å². The van der Waals surface area contributed by atoms with E-state index in [1.54, 1.807) is 38.1 Å². The fraction of sp³-hybridized carbons (Fsp3) is 0.381. The van der Waals surface area contributed by atoms with Crippen LogP contribution in [-0.4, -0.2) is 22.1 Å². The van der Waals surface area contributed by atoms with E-state index in [0.717, 1.165) is 17.4 Å². The maximum Gasteiger partial charge on any atom is 0.271 e. The van der Waals surface area contributed by atoms with Gasteiger partial charge in [-0.15, -0.1) is 0 Å². The molecule has 0 aliphatic rings. The first-order valence-electron chi connectivity index (χ1n) is 8.99. The van der Waals surface area contributed by atoms with Crippen LogP contribution >= 0.6 is 0 Å². The van der Waals surface area contributed by atoms with E-state index in [1.807, 2.05) is 13.0 Å². The van der Waals surface area contributed by atoms with Gasteiger partial charge in [0.1, 0.15) is 17.4 Å². The van der Waals surface area contributed by atoms with Crippen molar-refractivity contribution in [3.8, 4) is 17.7 Å². The van der Waals surface area contributed by atoms with E-state index in [9.17, 15) is 20.0 Å². The fourth-order valence-corrected chi connectivity index (χ4v) is 2.91. The molecule has 1 aromatic heterocycles. The van der Waals surface area contributed by atoms with Crippen LogP contribution in [0.5, 0.6) is 11.6 Å². The molecule has 0 amide bonds. The Hall–Kier alpha value is -3.07. The highest BCUT2D eigenvalue weighted by molar-refractivity contribution is 6.13. The van der Waals surface area contributed by atoms with E-state index >= 15 is 0 Å². The molecule has 0 fully saturated rings. The summed E-state index contributed by atoms with van der Waals surface area (Å²) < 4.78 is 6.79. The number of para-hydroxylation sites is 1. The Bertz CT molecular complexity index is 952. The quantitative estimate of drug-likeness (QED) is 0.594. The average Bonchev–Trinajstić information content (AvgIpc) is 2.62. The summed E-state index contributed by atoms with van der Waals surface area (Å²) >= 11 is 0. The molecular formula is C21H24N2O4. The topological polar surface area (TPSA) is 92.3 Å². The number of pyridine rings is 1. The highest BCUT2D eigenvalue weighted by atomic mass is 16.5. The second-order valence-corrected chi connectivity index (χ2v) is 6.61. The van der Waals surface area contributed by atoms with E-state index in [0.29, 0.717) is 12.4 Å². The summed E-state index contributed by atoms with van der Waals surface area (Å²) in [5, 5.41) is 20.1. The zero-order valence-corrected chi connectivity index (χ0v) is 16.1. The van der Waals surface area contributed by atoms with Crippen molar-refractivity contribution in [3.05, 3.63) is 56.9 Å². The minimum absolute atomic E-state index is 0.0496. The Morgan fingerprint density at radius 1 is 1.33 bits per heavy atom. The second kappa shape index (κ2) is 8.54. The number of nitriles is 1. The van der Waals surface area contributed by atoms with E-state index < -0.39 is 23.3 Å². The number of aromatic hydroxyl groups is 1. The number of ether oxygens (including phenoxy) is 1. The molecule has 142 valence electrons. The highest BCUT2D eigenvalue weighted by Gasteiger charge is 2.27. The molecule has 0 radical (unpaired) electrons. The van der Waals surface area contributed by atoms with Gasteiger partial charge in [0.05, 0.1) is 17.7 Å². The van der Waals surface area contributed by atoms with Crippen molar-refractivity contribution in [2.24, 2.45) is 0 Å². The molecule has 1 heterocycles. The van der Waals surface area contributed by atoms with Crippen LogP contribution in [0.3, 0.4) is 0 Å². The molecular weight excluding hydrogens is 344 g/mol. The Labute approximate surface area is 158 Å². The molecule has 2 rings (SSSR count). The Kier molecular flexibility index (Phi) is 6.40. The third kappa shape index (κ3) is 3.87. The third-order valence-electron chi connectivity index (χ3n) is 4.38. The molecule has 0 aliphatic heterocycles. The molecule has 0 saturated carbocycles. The molecule has 0 atom stereocenters. The molecule has 1 aromatic carbocycles. The number of unbranched alkanes of at least 4 members (excludes halogenated alkanes) is 1. The molecule has 6 heteroatoms. The standard InChI is InChI=1S/C21H24N2O4/c1-5-6-11-27-17-10-8-7-9-15(17)19(24)18-14(4)16(12-22)20(25)23(13(2)3)21(18)26/h7-10,13,26H,5-6,11H2,1-4H3. The Morgan fingerprint density at radius 2 is 2.00 bits per heavy atom. The van der Waals surface area contributed by atoms with Gasteiger partial charge in [-0.25, -0.2) is 0 Å². The van der Waals surface area contributed by atoms with Crippen molar-refractivity contribution in [1.82, 2.24) is 4.57 Å². The lowest BCUT2D eigenvalue weighted by Gasteiger charge is -2.18. The van der Waals surface area contributed by atoms with Crippen LogP contribution in [0.4, 0.5) is 0 Å². The molecule has 1 N–H and O–H groups in total. The third-order valence-corrected chi connectivity index (χ3v) is 4.38. The number of carbonyl (C=O) groups excluding carboxylic acids is 1. The summed E-state index contributed by atoms with van der Waals surface area (Å²) in [7, 11) is 0. The van der Waals surface area contributed by atoms with Gasteiger partial charge in [0.2, 0.25) is 11.7 Å². The van der Waals surface area contributed by atoms with Crippen molar-refractivity contribution < 1.29 is 14.6 Å². The van der Waals surface area contributed by atoms with Crippen LogP contribution < -0.4 is 10.3 Å². The predicted molar refractivity (Wildman–Crippen MR) is 102 cm³/mol. The number of carbonyl (C=O) groups is 1. The number of benzene rings is 1. The molecule has 6 nitrogen and oxygen atoms in total. The lowest BCUT2D eigenvalue weighted by molar-refractivity contribution is 0.103. The largest absolute Gasteiger partial charge is 0.494 e. The number of ketones is 1. The zero-order chi connectivity index (χ0) is 20.1. The van der Waals surface area contributed by atoms with Gasteiger partial charge in [-0.05, 0) is 44.9 Å². The summed E-state index contributed by atoms with van der Waals surface area (Å²) in [6.45, 7) is 7.42. The SMILES string of the molecule is CCCCOc1ccccc1C(=O)c1c(C)c(C#N)c(=O)n(C(C)C)c1O. The summed E-state index contributed by atoms with van der Waals surface area (Å²) in [5.41, 5.74) is -0.345. The van der Waals surface area contributed by atoms with Gasteiger partial charge in [-0.2, -0.15) is 5.26 Å². The van der Waals surface area contributed by atoms with Gasteiger partial charge in [0.15, 0.2) is 0 Å². The second-order valence-electron chi connectivity index (χ2n) is 6.61. The minimum atomic E-state index is -0.605. The predicted octanol–water partition coefficient (Wildman–Crippen LogP) is 3.72. The Morgan fingerprint density at radius 3 is 2.59 bits per heavy atom. The maximum atomic E-state index is 13.2. The smallest absolute Gasteiger partial charge is 0.271 e. The summed E-state index contributed by atoms with van der Waals surface area (Å²) in [6.07, 6.45) is 1.81. The van der Waals surface area contributed by atoms with Crippen LogP contribution in [0.1, 0.15) is 66.7 Å². The van der Waals surface area contributed by atoms with Crippen LogP contribution in [0.2, 0.25) is 0 Å². The molecule has 0 saturated heterocycles. The number of rotatable bonds is 7. The van der Waals surface area contributed by atoms with Crippen LogP contribution in [0, 0.1) is 18.3 Å². The van der Waals surface area contributed by atoms with Crippen molar-refractivity contribution >= 4 is 5.78 Å². The molecule has 0 unspecified atom stereocenters. The summed E-state index contributed by atoms with van der Waals surface area (Å²) in [4.78, 5) is 25.7. The zero-order valence-electron chi connectivity index (χ0n) is 16.1. The van der Waals surface area contributed by atoms with E-state index in [4.69, 9.17) is 4.74 Å². The van der Waals surface area contributed by atoms with Gasteiger partial charge in [-0.1, -0.05) is 25.5 Å². The van der Waals surface area contributed by atoms with Crippen molar-refractivity contribution in [1.29, 1.82) is 5.26 Å². The highest BCUT2D eigenvalue weighted by Crippen LogP contribution is 2.30. The van der Waals surface area contributed by atoms with Gasteiger partial charge >= 0.3 is 0 Å². The first kappa shape index (κ1) is 20.2. The van der Waals surface area contributed by atoms with Gasteiger partial charge < -0.3 is 9.84 Å². The molecule has 27 heavy (non-hydrogen) atoms. The van der Waals surface area contributed by atoms with E-state index in [-0.39, 0.29) is 22.3 Å². The first-order valence-corrected chi connectivity index (χ1v) is 8.99. The number of hydrogen-bond donors (Lipinski definition) is 1. The van der Waals surface area contributed by atoms with Crippen molar-refractivity contribution in [3.63, 3.8) is 0 Å². The molecule has 0 aliphatic carbocycles. The van der Waals surface area contributed by atoms with Crippen LogP contribution in [0.15, 0.2) is 29.1 Å². The maximum absolute atomic E-state index is 13.2. The summed E-state index contributed by atoms with van der Waals surface area (Å²) in [6, 6.07) is 8.22. The van der Waals surface area contributed by atoms with Gasteiger partial charge in [-0.3, -0.25) is 14.2 Å². The molecule has 0 bridgehead atoms.